The molecule has 0 saturated heterocycles. The maximum absolute atomic E-state index is 11.5. The lowest BCUT2D eigenvalue weighted by molar-refractivity contribution is 0.602. The molecule has 3 aromatic rings. The smallest absolute Gasteiger partial charge is 0.175 e. The minimum Gasteiger partial charge on any atom is -0.382 e. The first-order valence-corrected chi connectivity index (χ1v) is 8.15. The van der Waals surface area contributed by atoms with Crippen molar-refractivity contribution in [3.63, 3.8) is 0 Å². The number of hydrogen-bond acceptors (Lipinski definition) is 5. The Kier molecular flexibility index (Phi) is 3.10. The first-order chi connectivity index (χ1) is 9.97. The molecule has 1 aromatic carbocycles. The number of hydrogen-bond donors (Lipinski definition) is 1. The fraction of sp³-hybridized carbons (Fsp3) is 0.0667. The molecule has 0 saturated carbocycles. The summed E-state index contributed by atoms with van der Waals surface area (Å²) in [5, 5.41) is 0.886. The van der Waals surface area contributed by atoms with E-state index in [1.165, 1.54) is 6.26 Å². The van der Waals surface area contributed by atoms with Crippen molar-refractivity contribution in [1.82, 2.24) is 9.97 Å². The summed E-state index contributed by atoms with van der Waals surface area (Å²) in [7, 11) is -3.20. The topological polar surface area (TPSA) is 85.9 Å². The molecule has 0 atom stereocenters. The molecule has 0 fully saturated rings. The first-order valence-electron chi connectivity index (χ1n) is 6.26. The summed E-state index contributed by atoms with van der Waals surface area (Å²) in [6.07, 6.45) is 4.53. The van der Waals surface area contributed by atoms with Gasteiger partial charge in [-0.05, 0) is 23.8 Å². The standard InChI is InChI=1S/C15H13N3O2S/c1-21(19,20)11-6-4-10(5-7-11)13-9-18-15(16)14-12(13)3-2-8-17-14/h2-9H,1H3,(H2,16,18). The minimum absolute atomic E-state index is 0.289. The van der Waals surface area contributed by atoms with E-state index in [1.807, 2.05) is 12.1 Å². The van der Waals surface area contributed by atoms with Gasteiger partial charge in [0.05, 0.1) is 4.90 Å². The monoisotopic (exact) mass is 299 g/mol. The number of pyridine rings is 2. The number of sulfone groups is 1. The summed E-state index contributed by atoms with van der Waals surface area (Å²) < 4.78 is 23.0. The average Bonchev–Trinajstić information content (AvgIpc) is 2.47. The molecule has 2 heterocycles. The maximum Gasteiger partial charge on any atom is 0.175 e. The molecular formula is C15H13N3O2S. The zero-order chi connectivity index (χ0) is 15.0. The third-order valence-electron chi connectivity index (χ3n) is 3.27. The van der Waals surface area contributed by atoms with Gasteiger partial charge in [0.25, 0.3) is 0 Å². The Morgan fingerprint density at radius 2 is 1.76 bits per heavy atom. The molecule has 0 bridgehead atoms. The van der Waals surface area contributed by atoms with Crippen LogP contribution in [0.15, 0.2) is 53.7 Å². The highest BCUT2D eigenvalue weighted by Crippen LogP contribution is 2.29. The van der Waals surface area contributed by atoms with Crippen LogP contribution >= 0.6 is 0 Å². The van der Waals surface area contributed by atoms with Crippen LogP contribution in [0.2, 0.25) is 0 Å². The van der Waals surface area contributed by atoms with Gasteiger partial charge in [0.15, 0.2) is 9.84 Å². The zero-order valence-electron chi connectivity index (χ0n) is 11.3. The fourth-order valence-corrected chi connectivity index (χ4v) is 2.83. The SMILES string of the molecule is CS(=O)(=O)c1ccc(-c2cnc(N)c3ncccc23)cc1. The van der Waals surface area contributed by atoms with Crippen molar-refractivity contribution < 1.29 is 8.42 Å². The highest BCUT2D eigenvalue weighted by atomic mass is 32.2. The molecule has 106 valence electrons. The molecule has 0 amide bonds. The highest BCUT2D eigenvalue weighted by molar-refractivity contribution is 7.90. The van der Waals surface area contributed by atoms with Crippen LogP contribution in [0.3, 0.4) is 0 Å². The Labute approximate surface area is 122 Å². The maximum atomic E-state index is 11.5. The van der Waals surface area contributed by atoms with Crippen molar-refractivity contribution >= 4 is 26.6 Å². The number of fused-ring (bicyclic) bond motifs is 1. The number of nitrogen functional groups attached to an aromatic ring is 1. The molecule has 5 nitrogen and oxygen atoms in total. The van der Waals surface area contributed by atoms with Crippen molar-refractivity contribution in [2.24, 2.45) is 0 Å². The second-order valence-electron chi connectivity index (χ2n) is 4.75. The molecule has 6 heteroatoms. The number of nitrogens with two attached hydrogens (primary N) is 1. The van der Waals surface area contributed by atoms with Crippen LogP contribution < -0.4 is 5.73 Å². The average molecular weight is 299 g/mol. The summed E-state index contributed by atoms with van der Waals surface area (Å²) in [4.78, 5) is 8.68. The zero-order valence-corrected chi connectivity index (χ0v) is 12.1. The van der Waals surface area contributed by atoms with Crippen LogP contribution in [0.25, 0.3) is 22.0 Å². The van der Waals surface area contributed by atoms with Gasteiger partial charge in [-0.1, -0.05) is 18.2 Å². The third kappa shape index (κ3) is 2.45. The van der Waals surface area contributed by atoms with E-state index in [1.54, 1.807) is 36.7 Å². The summed E-state index contributed by atoms with van der Waals surface area (Å²) in [6.45, 7) is 0. The molecule has 0 radical (unpaired) electrons. The lowest BCUT2D eigenvalue weighted by Gasteiger charge is -2.08. The normalized spacial score (nSPS) is 11.7. The first kappa shape index (κ1) is 13.5. The molecule has 0 aliphatic carbocycles. The van der Waals surface area contributed by atoms with Gasteiger partial charge in [0, 0.05) is 29.6 Å². The number of aromatic nitrogens is 2. The molecule has 0 aliphatic heterocycles. The van der Waals surface area contributed by atoms with Crippen molar-refractivity contribution in [1.29, 1.82) is 0 Å². The summed E-state index contributed by atoms with van der Waals surface area (Å²) in [5.74, 6) is 0.377. The van der Waals surface area contributed by atoms with Gasteiger partial charge < -0.3 is 5.73 Å². The molecule has 0 spiro atoms. The Morgan fingerprint density at radius 3 is 2.43 bits per heavy atom. The fourth-order valence-electron chi connectivity index (χ4n) is 2.20. The third-order valence-corrected chi connectivity index (χ3v) is 4.40. The molecule has 0 aliphatic rings. The van der Waals surface area contributed by atoms with E-state index >= 15 is 0 Å². The van der Waals surface area contributed by atoms with Crippen molar-refractivity contribution in [2.75, 3.05) is 12.0 Å². The van der Waals surface area contributed by atoms with E-state index in [2.05, 4.69) is 9.97 Å². The lowest BCUT2D eigenvalue weighted by Crippen LogP contribution is -1.97. The van der Waals surface area contributed by atoms with E-state index in [9.17, 15) is 8.42 Å². The number of nitrogens with zero attached hydrogens (tertiary/aromatic N) is 2. The van der Waals surface area contributed by atoms with Gasteiger partial charge in [-0.2, -0.15) is 0 Å². The predicted octanol–water partition coefficient (Wildman–Crippen LogP) is 2.28. The van der Waals surface area contributed by atoms with E-state index in [0.29, 0.717) is 11.3 Å². The van der Waals surface area contributed by atoms with E-state index in [-0.39, 0.29) is 4.90 Å². The minimum atomic E-state index is -3.20. The quantitative estimate of drug-likeness (QED) is 0.784. The van der Waals surface area contributed by atoms with Gasteiger partial charge in [-0.3, -0.25) is 4.98 Å². The second kappa shape index (κ2) is 4.82. The van der Waals surface area contributed by atoms with Crippen LogP contribution in [0.5, 0.6) is 0 Å². The molecule has 2 N–H and O–H groups in total. The van der Waals surface area contributed by atoms with Crippen LogP contribution in [-0.2, 0) is 9.84 Å². The van der Waals surface area contributed by atoms with Crippen LogP contribution in [0.4, 0.5) is 5.82 Å². The second-order valence-corrected chi connectivity index (χ2v) is 6.77. The van der Waals surface area contributed by atoms with E-state index < -0.39 is 9.84 Å². The molecule has 3 rings (SSSR count). The van der Waals surface area contributed by atoms with E-state index in [0.717, 1.165) is 16.5 Å². The number of benzene rings is 1. The van der Waals surface area contributed by atoms with Crippen LogP contribution in [-0.4, -0.2) is 24.6 Å². The van der Waals surface area contributed by atoms with Gasteiger partial charge >= 0.3 is 0 Å². The van der Waals surface area contributed by atoms with Crippen molar-refractivity contribution in [3.05, 3.63) is 48.8 Å². The predicted molar refractivity (Wildman–Crippen MR) is 82.5 cm³/mol. The van der Waals surface area contributed by atoms with Gasteiger partial charge in [-0.15, -0.1) is 0 Å². The van der Waals surface area contributed by atoms with Gasteiger partial charge in [0.1, 0.15) is 11.3 Å². The molecule has 0 unspecified atom stereocenters. The Bertz CT molecular complexity index is 919. The van der Waals surface area contributed by atoms with E-state index in [4.69, 9.17) is 5.73 Å². The Hall–Kier alpha value is -2.47. The molecular weight excluding hydrogens is 286 g/mol. The van der Waals surface area contributed by atoms with Crippen molar-refractivity contribution in [3.8, 4) is 11.1 Å². The summed E-state index contributed by atoms with van der Waals surface area (Å²) in [5.41, 5.74) is 8.21. The summed E-state index contributed by atoms with van der Waals surface area (Å²) >= 11 is 0. The largest absolute Gasteiger partial charge is 0.382 e. The lowest BCUT2D eigenvalue weighted by atomic mass is 10.0. The van der Waals surface area contributed by atoms with Crippen molar-refractivity contribution in [2.45, 2.75) is 4.90 Å². The summed E-state index contributed by atoms with van der Waals surface area (Å²) in [6, 6.07) is 10.4. The highest BCUT2D eigenvalue weighted by Gasteiger charge is 2.10. The molecule has 2 aromatic heterocycles. The van der Waals surface area contributed by atoms with Crippen LogP contribution in [0, 0.1) is 0 Å². The van der Waals surface area contributed by atoms with Gasteiger partial charge in [0.2, 0.25) is 0 Å². The number of anilines is 1. The molecule has 21 heavy (non-hydrogen) atoms. The Morgan fingerprint density at radius 1 is 1.05 bits per heavy atom. The van der Waals surface area contributed by atoms with Gasteiger partial charge in [-0.25, -0.2) is 13.4 Å². The van der Waals surface area contributed by atoms with Crippen LogP contribution in [0.1, 0.15) is 0 Å². The Balaban J connectivity index is 2.20. The number of rotatable bonds is 2.